The lowest BCUT2D eigenvalue weighted by Crippen LogP contribution is -2.70. The number of primary amides is 1. The summed E-state index contributed by atoms with van der Waals surface area (Å²) in [6, 6.07) is -14.7. The molecule has 38 heteroatoms. The number of carboxylic acids is 1. The second kappa shape index (κ2) is 36.8. The zero-order chi connectivity index (χ0) is 67.0. The van der Waals surface area contributed by atoms with Gasteiger partial charge in [0.2, 0.25) is 70.9 Å². The Hall–Kier alpha value is -7.37. The third-order valence-corrected chi connectivity index (χ3v) is 13.4. The molecule has 0 aromatic rings. The number of aliphatic carboxylic acids is 1. The first-order valence-corrected chi connectivity index (χ1v) is 27.7. The molecule has 0 aromatic carbocycles. The van der Waals surface area contributed by atoms with E-state index in [1.165, 1.54) is 34.6 Å². The smallest absolute Gasteiger partial charge is 0.322 e. The van der Waals surface area contributed by atoms with E-state index in [1.54, 1.807) is 0 Å². The van der Waals surface area contributed by atoms with Gasteiger partial charge in [-0.3, -0.25) is 62.3 Å². The molecule has 38 nitrogen and oxygen atoms in total. The molecule has 0 aromatic heterocycles. The molecule has 2 rings (SSSR count). The molecule has 2 fully saturated rings. The Morgan fingerprint density at radius 1 is 0.568 bits per heavy atom. The van der Waals surface area contributed by atoms with E-state index < -0.39 is 238 Å². The van der Waals surface area contributed by atoms with Crippen molar-refractivity contribution >= 4 is 76.9 Å². The summed E-state index contributed by atoms with van der Waals surface area (Å²) < 4.78 is 23.2. The lowest BCUT2D eigenvalue weighted by Gasteiger charge is -2.48. The van der Waals surface area contributed by atoms with Crippen LogP contribution in [-0.4, -0.2) is 272 Å². The largest absolute Gasteiger partial charge is 0.480 e. The van der Waals surface area contributed by atoms with Crippen LogP contribution in [0.5, 0.6) is 0 Å². The zero-order valence-corrected chi connectivity index (χ0v) is 49.6. The minimum atomic E-state index is -1.94. The Morgan fingerprint density at radius 3 is 1.64 bits per heavy atom. The van der Waals surface area contributed by atoms with Gasteiger partial charge in [0.1, 0.15) is 104 Å². The standard InChI is InChI=1S/C50H85N13O25/c1-18(51)41(76)63-33(22(5)67)48(83)57-21(4)44(79)62-28(15-64)46(81)53-13-9-10-27(47(82)56-19(2)42(77)54-14-32(71)72)60-31(70)12-11-26(40(52)75)61-43(78)20(3)55-45(80)23(6)85-39-35(59-25(8)69)49(84)86-30(17-66)38(39)88-50-34(58-24(7)68)37(74)36(73)29(16-65)87-50/h18-23,26-30,33-39,49-50,64-67,73-74,84H,9-17,51H2,1-8H3,(H2,52,75)(H,53,81)(H,54,77)(H,55,80)(H,56,82)(H,57,83)(H,58,68)(H,59,69)(H,60,70)(H,61,78)(H,62,79)(H,63,76)(H,71,72). The average molecular weight is 1270 g/mol. The summed E-state index contributed by atoms with van der Waals surface area (Å²) in [4.78, 5) is 165. The van der Waals surface area contributed by atoms with Gasteiger partial charge < -0.3 is 130 Å². The Balaban J connectivity index is 2.21. The molecule has 20 atom stereocenters. The summed E-state index contributed by atoms with van der Waals surface area (Å²) in [6.07, 6.45) is -18.3. The van der Waals surface area contributed by atoms with Crippen molar-refractivity contribution in [2.45, 2.75) is 203 Å². The molecule has 0 radical (unpaired) electrons. The van der Waals surface area contributed by atoms with Gasteiger partial charge in [0.05, 0.1) is 32.0 Å². The molecule has 500 valence electrons. The maximum absolute atomic E-state index is 13.7. The molecule has 2 heterocycles. The van der Waals surface area contributed by atoms with Crippen molar-refractivity contribution in [2.24, 2.45) is 11.5 Å². The van der Waals surface area contributed by atoms with Gasteiger partial charge in [-0.2, -0.15) is 0 Å². The summed E-state index contributed by atoms with van der Waals surface area (Å²) in [5.41, 5.74) is 11.1. The Kier molecular flexibility index (Phi) is 32.1. The fraction of sp³-hybridized carbons (Fsp3) is 0.740. The van der Waals surface area contributed by atoms with Crippen LogP contribution in [0.1, 0.15) is 81.1 Å². The maximum Gasteiger partial charge on any atom is 0.322 e. The molecule has 2 saturated heterocycles. The molecule has 20 unspecified atom stereocenters. The van der Waals surface area contributed by atoms with E-state index >= 15 is 0 Å². The van der Waals surface area contributed by atoms with E-state index in [0.29, 0.717) is 0 Å². The van der Waals surface area contributed by atoms with Crippen LogP contribution >= 0.6 is 0 Å². The monoisotopic (exact) mass is 1270 g/mol. The van der Waals surface area contributed by atoms with Gasteiger partial charge in [0, 0.05) is 26.8 Å². The van der Waals surface area contributed by atoms with Crippen LogP contribution in [0.15, 0.2) is 0 Å². The second-order valence-corrected chi connectivity index (χ2v) is 20.9. The number of amides is 12. The van der Waals surface area contributed by atoms with Crippen LogP contribution in [0.25, 0.3) is 0 Å². The quantitative estimate of drug-likeness (QED) is 0.0262. The van der Waals surface area contributed by atoms with E-state index in [-0.39, 0.29) is 19.4 Å². The molecule has 2 aliphatic rings. The molecule has 23 N–H and O–H groups in total. The Morgan fingerprint density at radius 2 is 1.11 bits per heavy atom. The number of aliphatic hydroxyl groups is 7. The molecular weight excluding hydrogens is 1180 g/mol. The van der Waals surface area contributed by atoms with Gasteiger partial charge in [-0.05, 0) is 60.8 Å². The van der Waals surface area contributed by atoms with Crippen molar-refractivity contribution < 1.29 is 122 Å². The topological polar surface area (TPSA) is 605 Å². The van der Waals surface area contributed by atoms with Crippen molar-refractivity contribution in [1.29, 1.82) is 0 Å². The molecule has 12 amide bonds. The van der Waals surface area contributed by atoms with Gasteiger partial charge in [-0.25, -0.2) is 0 Å². The molecule has 0 saturated carbocycles. The van der Waals surface area contributed by atoms with Gasteiger partial charge in [-0.1, -0.05) is 0 Å². The van der Waals surface area contributed by atoms with Crippen LogP contribution in [-0.2, 0) is 81.3 Å². The third kappa shape index (κ3) is 24.3. The minimum absolute atomic E-state index is 0.133. The van der Waals surface area contributed by atoms with E-state index in [2.05, 4.69) is 58.5 Å². The predicted octanol–water partition coefficient (Wildman–Crippen LogP) is -12.2. The normalized spacial score (nSPS) is 25.0. The lowest BCUT2D eigenvalue weighted by atomic mass is 9.94. The first kappa shape index (κ1) is 76.7. The van der Waals surface area contributed by atoms with Crippen LogP contribution in [0.4, 0.5) is 0 Å². The highest BCUT2D eigenvalue weighted by Crippen LogP contribution is 2.31. The molecule has 0 aliphatic carbocycles. The van der Waals surface area contributed by atoms with Crippen LogP contribution in [0.3, 0.4) is 0 Å². The SMILES string of the molecule is CC(=O)NC1C(OC2C(CO)OC(O)C(NC(C)=O)C2OC(C)C(=O)NC(C)C(=O)NC(CCC(=O)NC(CCCNC(=O)C(CO)NC(=O)C(C)NC(=O)C(NC(=O)C(C)N)C(C)O)C(=O)NC(C)C(=O)NCC(=O)O)C(N)=O)OC(CO)C(O)C1O. The highest BCUT2D eigenvalue weighted by atomic mass is 16.7. The van der Waals surface area contributed by atoms with Crippen molar-refractivity contribution in [3.63, 3.8) is 0 Å². The first-order valence-electron chi connectivity index (χ1n) is 27.7. The first-order chi connectivity index (χ1) is 41.1. The zero-order valence-electron chi connectivity index (χ0n) is 49.6. The number of carbonyl (C=O) groups excluding carboxylic acids is 12. The second-order valence-electron chi connectivity index (χ2n) is 20.9. The third-order valence-electron chi connectivity index (χ3n) is 13.4. The van der Waals surface area contributed by atoms with Crippen molar-refractivity contribution in [1.82, 2.24) is 58.5 Å². The molecule has 88 heavy (non-hydrogen) atoms. The highest BCUT2D eigenvalue weighted by Gasteiger charge is 2.53. The van der Waals surface area contributed by atoms with Gasteiger partial charge >= 0.3 is 5.97 Å². The number of carboxylic acid groups (broad SMARTS) is 1. The van der Waals surface area contributed by atoms with E-state index in [1.807, 2.05) is 0 Å². The number of hydrogen-bond donors (Lipinski definition) is 21. The summed E-state index contributed by atoms with van der Waals surface area (Å²) in [5, 5.41) is 107. The summed E-state index contributed by atoms with van der Waals surface area (Å²) in [5.74, 6) is -12.7. The number of carbonyl (C=O) groups is 13. The highest BCUT2D eigenvalue weighted by molar-refractivity contribution is 5.96. The average Bonchev–Trinajstić information content (AvgIpc) is 1.25. The maximum atomic E-state index is 13.7. The van der Waals surface area contributed by atoms with Gasteiger partial charge in [0.25, 0.3) is 0 Å². The van der Waals surface area contributed by atoms with E-state index in [4.69, 9.17) is 35.5 Å². The van der Waals surface area contributed by atoms with Crippen LogP contribution < -0.4 is 70.0 Å². The van der Waals surface area contributed by atoms with Gasteiger partial charge in [0.15, 0.2) is 12.6 Å². The van der Waals surface area contributed by atoms with Gasteiger partial charge in [-0.15, -0.1) is 0 Å². The number of rotatable bonds is 35. The molecule has 0 bridgehead atoms. The lowest BCUT2D eigenvalue weighted by molar-refractivity contribution is -0.333. The molecule has 0 spiro atoms. The summed E-state index contributed by atoms with van der Waals surface area (Å²) in [6.45, 7) is 5.55. The fourth-order valence-electron chi connectivity index (χ4n) is 8.50. The van der Waals surface area contributed by atoms with Crippen molar-refractivity contribution in [3.8, 4) is 0 Å². The van der Waals surface area contributed by atoms with Crippen molar-refractivity contribution in [2.75, 3.05) is 32.9 Å². The van der Waals surface area contributed by atoms with E-state index in [9.17, 15) is 98.1 Å². The number of aliphatic hydroxyl groups excluding tert-OH is 7. The summed E-state index contributed by atoms with van der Waals surface area (Å²) in [7, 11) is 0. The number of ether oxygens (including phenoxy) is 4. The molecule has 2 aliphatic heterocycles. The van der Waals surface area contributed by atoms with Crippen LogP contribution in [0, 0.1) is 0 Å². The molecular formula is C50H85N13O25. The minimum Gasteiger partial charge on any atom is -0.480 e. The number of hydrogen-bond acceptors (Lipinski definition) is 25. The van der Waals surface area contributed by atoms with Crippen molar-refractivity contribution in [3.05, 3.63) is 0 Å². The predicted molar refractivity (Wildman–Crippen MR) is 294 cm³/mol. The fourth-order valence-corrected chi connectivity index (χ4v) is 8.50. The van der Waals surface area contributed by atoms with E-state index in [0.717, 1.165) is 20.8 Å². The Bertz CT molecular complexity index is 2440. The summed E-state index contributed by atoms with van der Waals surface area (Å²) >= 11 is 0. The number of nitrogens with one attached hydrogen (secondary N) is 11. The van der Waals surface area contributed by atoms with Crippen LogP contribution in [0.2, 0.25) is 0 Å². The Labute approximate surface area is 503 Å². The number of nitrogens with two attached hydrogens (primary N) is 2.